The van der Waals surface area contributed by atoms with Gasteiger partial charge in [0.15, 0.2) is 5.78 Å². The van der Waals surface area contributed by atoms with Crippen LogP contribution in [0.4, 0.5) is 0 Å². The molecule has 0 bridgehead atoms. The number of carbonyl (C=O) groups is 1. The molecule has 2 atom stereocenters. The Morgan fingerprint density at radius 3 is 2.33 bits per heavy atom. The molecule has 1 aliphatic carbocycles. The Bertz CT molecular complexity index is 766. The zero-order chi connectivity index (χ0) is 19.2. The number of rotatable bonds is 7. The lowest BCUT2D eigenvalue weighted by molar-refractivity contribution is 0.0864. The monoisotopic (exact) mass is 368 g/mol. The molecule has 0 aliphatic heterocycles. The van der Waals surface area contributed by atoms with Crippen molar-refractivity contribution in [2.45, 2.75) is 38.5 Å². The van der Waals surface area contributed by atoms with Crippen LogP contribution in [0.15, 0.2) is 42.5 Å². The largest absolute Gasteiger partial charge is 0.497 e. The highest BCUT2D eigenvalue weighted by molar-refractivity contribution is 6.01. The van der Waals surface area contributed by atoms with E-state index in [0.717, 1.165) is 31.4 Å². The van der Waals surface area contributed by atoms with Crippen molar-refractivity contribution in [1.82, 2.24) is 0 Å². The van der Waals surface area contributed by atoms with Crippen molar-refractivity contribution in [2.75, 3.05) is 20.8 Å². The van der Waals surface area contributed by atoms with E-state index >= 15 is 0 Å². The molecule has 0 spiro atoms. The van der Waals surface area contributed by atoms with Crippen molar-refractivity contribution in [1.29, 1.82) is 0 Å². The molecule has 4 heteroatoms. The molecular weight excluding hydrogens is 340 g/mol. The zero-order valence-corrected chi connectivity index (χ0v) is 16.4. The molecule has 0 heterocycles. The maximum absolute atomic E-state index is 13.4. The minimum Gasteiger partial charge on any atom is -0.497 e. The third-order valence-corrected chi connectivity index (χ3v) is 5.39. The Morgan fingerprint density at radius 2 is 1.67 bits per heavy atom. The molecule has 0 aromatic heterocycles. The molecule has 1 aliphatic rings. The minimum atomic E-state index is -0.0438. The molecule has 1 saturated carbocycles. The van der Waals surface area contributed by atoms with Crippen LogP contribution >= 0.6 is 0 Å². The summed E-state index contributed by atoms with van der Waals surface area (Å²) in [7, 11) is 3.21. The van der Waals surface area contributed by atoms with Gasteiger partial charge in [-0.2, -0.15) is 0 Å². The molecule has 0 radical (unpaired) electrons. The standard InChI is InChI=1S/C23H28O4/c1-4-27-17-11-9-16(10-12-17)19-7-5-6-8-20(19)23(24)21-15-18(25-2)13-14-22(21)26-3/h9-15,19-20H,4-8H2,1-3H3. The smallest absolute Gasteiger partial charge is 0.170 e. The first-order valence-electron chi connectivity index (χ1n) is 9.67. The average Bonchev–Trinajstić information content (AvgIpc) is 2.73. The summed E-state index contributed by atoms with van der Waals surface area (Å²) < 4.78 is 16.3. The van der Waals surface area contributed by atoms with Crippen LogP contribution in [0.1, 0.15) is 54.4 Å². The molecular formula is C23H28O4. The van der Waals surface area contributed by atoms with E-state index in [1.54, 1.807) is 26.4 Å². The zero-order valence-electron chi connectivity index (χ0n) is 16.4. The molecule has 0 N–H and O–H groups in total. The first kappa shape index (κ1) is 19.3. The van der Waals surface area contributed by atoms with E-state index in [-0.39, 0.29) is 17.6 Å². The Morgan fingerprint density at radius 1 is 0.963 bits per heavy atom. The van der Waals surface area contributed by atoms with E-state index < -0.39 is 0 Å². The first-order chi connectivity index (χ1) is 13.2. The van der Waals surface area contributed by atoms with Crippen LogP contribution in [0.3, 0.4) is 0 Å². The summed E-state index contributed by atoms with van der Waals surface area (Å²) >= 11 is 0. The summed E-state index contributed by atoms with van der Waals surface area (Å²) in [6.07, 6.45) is 4.15. The van der Waals surface area contributed by atoms with E-state index in [0.29, 0.717) is 23.7 Å². The SMILES string of the molecule is CCOc1ccc(C2CCCCC2C(=O)c2cc(OC)ccc2OC)cc1. The number of ether oxygens (including phenoxy) is 3. The lowest BCUT2D eigenvalue weighted by Crippen LogP contribution is -2.26. The van der Waals surface area contributed by atoms with Crippen molar-refractivity contribution in [3.63, 3.8) is 0 Å². The summed E-state index contributed by atoms with van der Waals surface area (Å²) in [5, 5.41) is 0. The second-order valence-electron chi connectivity index (χ2n) is 6.93. The number of hydrogen-bond acceptors (Lipinski definition) is 4. The molecule has 4 nitrogen and oxygen atoms in total. The second-order valence-corrected chi connectivity index (χ2v) is 6.93. The number of Topliss-reactive ketones (excluding diaryl/α,β-unsaturated/α-hetero) is 1. The van der Waals surface area contributed by atoms with Gasteiger partial charge in [-0.05, 0) is 61.6 Å². The number of carbonyl (C=O) groups excluding carboxylic acids is 1. The molecule has 144 valence electrons. The van der Waals surface area contributed by atoms with E-state index in [9.17, 15) is 4.79 Å². The van der Waals surface area contributed by atoms with E-state index in [1.807, 2.05) is 25.1 Å². The van der Waals surface area contributed by atoms with Crippen LogP contribution in [-0.4, -0.2) is 26.6 Å². The van der Waals surface area contributed by atoms with Crippen LogP contribution < -0.4 is 14.2 Å². The van der Waals surface area contributed by atoms with Gasteiger partial charge < -0.3 is 14.2 Å². The van der Waals surface area contributed by atoms with Gasteiger partial charge in [0.1, 0.15) is 17.2 Å². The summed E-state index contributed by atoms with van der Waals surface area (Å²) in [6.45, 7) is 2.63. The normalized spacial score (nSPS) is 19.4. The summed E-state index contributed by atoms with van der Waals surface area (Å²) in [4.78, 5) is 13.4. The first-order valence-corrected chi connectivity index (χ1v) is 9.67. The number of benzene rings is 2. The van der Waals surface area contributed by atoms with E-state index in [4.69, 9.17) is 14.2 Å². The predicted molar refractivity (Wildman–Crippen MR) is 106 cm³/mol. The quantitative estimate of drug-likeness (QED) is 0.625. The molecule has 2 unspecified atom stereocenters. The van der Waals surface area contributed by atoms with Gasteiger partial charge in [0.2, 0.25) is 0 Å². The highest BCUT2D eigenvalue weighted by atomic mass is 16.5. The van der Waals surface area contributed by atoms with Crippen LogP contribution in [0, 0.1) is 5.92 Å². The Kier molecular flexibility index (Phi) is 6.38. The van der Waals surface area contributed by atoms with Gasteiger partial charge in [-0.3, -0.25) is 4.79 Å². The highest BCUT2D eigenvalue weighted by Gasteiger charge is 2.34. The summed E-state index contributed by atoms with van der Waals surface area (Å²) in [5.41, 5.74) is 1.82. The van der Waals surface area contributed by atoms with Crippen LogP contribution in [0.2, 0.25) is 0 Å². The molecule has 3 rings (SSSR count). The highest BCUT2D eigenvalue weighted by Crippen LogP contribution is 2.41. The Labute approximate surface area is 161 Å². The van der Waals surface area contributed by atoms with Gasteiger partial charge in [0.25, 0.3) is 0 Å². The fraction of sp³-hybridized carbons (Fsp3) is 0.435. The van der Waals surface area contributed by atoms with Crippen molar-refractivity contribution < 1.29 is 19.0 Å². The van der Waals surface area contributed by atoms with Crippen LogP contribution in [0.5, 0.6) is 17.2 Å². The lowest BCUT2D eigenvalue weighted by Gasteiger charge is -2.31. The molecule has 2 aromatic carbocycles. The summed E-state index contributed by atoms with van der Waals surface area (Å²) in [5.74, 6) is 2.47. The summed E-state index contributed by atoms with van der Waals surface area (Å²) in [6, 6.07) is 13.6. The minimum absolute atomic E-state index is 0.0438. The molecule has 27 heavy (non-hydrogen) atoms. The fourth-order valence-corrected chi connectivity index (χ4v) is 4.03. The van der Waals surface area contributed by atoms with E-state index in [1.165, 1.54) is 5.56 Å². The molecule has 0 saturated heterocycles. The van der Waals surface area contributed by atoms with Gasteiger partial charge in [-0.15, -0.1) is 0 Å². The lowest BCUT2D eigenvalue weighted by atomic mass is 9.72. The average molecular weight is 368 g/mol. The Hall–Kier alpha value is -2.49. The van der Waals surface area contributed by atoms with Gasteiger partial charge in [-0.25, -0.2) is 0 Å². The van der Waals surface area contributed by atoms with Crippen LogP contribution in [-0.2, 0) is 0 Å². The van der Waals surface area contributed by atoms with Gasteiger partial charge in [0.05, 0.1) is 26.4 Å². The predicted octanol–water partition coefficient (Wildman–Crippen LogP) is 5.26. The molecule has 2 aromatic rings. The number of hydrogen-bond donors (Lipinski definition) is 0. The van der Waals surface area contributed by atoms with Gasteiger partial charge in [0, 0.05) is 5.92 Å². The van der Waals surface area contributed by atoms with Gasteiger partial charge in [-0.1, -0.05) is 25.0 Å². The third kappa shape index (κ3) is 4.26. The molecule has 0 amide bonds. The maximum atomic E-state index is 13.4. The van der Waals surface area contributed by atoms with Crippen molar-refractivity contribution in [3.8, 4) is 17.2 Å². The van der Waals surface area contributed by atoms with Crippen molar-refractivity contribution >= 4 is 5.78 Å². The topological polar surface area (TPSA) is 44.8 Å². The number of ketones is 1. The maximum Gasteiger partial charge on any atom is 0.170 e. The van der Waals surface area contributed by atoms with Gasteiger partial charge >= 0.3 is 0 Å². The van der Waals surface area contributed by atoms with Crippen molar-refractivity contribution in [2.24, 2.45) is 5.92 Å². The second kappa shape index (κ2) is 8.94. The third-order valence-electron chi connectivity index (χ3n) is 5.39. The fourth-order valence-electron chi connectivity index (χ4n) is 4.03. The Balaban J connectivity index is 1.90. The van der Waals surface area contributed by atoms with E-state index in [2.05, 4.69) is 12.1 Å². The van der Waals surface area contributed by atoms with Crippen molar-refractivity contribution in [3.05, 3.63) is 53.6 Å². The van der Waals surface area contributed by atoms with Crippen LogP contribution in [0.25, 0.3) is 0 Å². The molecule has 1 fully saturated rings. The number of methoxy groups -OCH3 is 2.